The van der Waals surface area contributed by atoms with Gasteiger partial charge in [-0.05, 0) is 209 Å². The molecule has 6 saturated heterocycles. The molecule has 8 aromatic rings. The summed E-state index contributed by atoms with van der Waals surface area (Å²) in [4.78, 5) is 96.3. The predicted octanol–water partition coefficient (Wildman–Crippen LogP) is 9.66. The standard InChI is InChI=1S/C44H48N6O5.C32H39N3O2.C12H10BrN3O3/c51-33-11-13-35-31(26-33)8-12-34(29-4-2-1-3-5-29)41(35)30-6-9-32(10-7-30)48-20-18-44(55,19-21-48)28-47-22-24-49(25-23-47)39-16-14-36-37(45-39)27-50(43(36)54)38-15-17-40(52)46-42(38)53;36-28-11-13-30-26(22-28)8-12-29(24-4-2-1-3-5-24)31(30)25-6-9-27(10-7-25)35-18-14-32(37,15-19-35)23-34-20-16-33-17-21-34;13-9-3-1-6-7(14-9)5-16(12(6)19)8-2-4-10(17)15-11(8)18/h1-7,9-11,13-14,16,26,34,38,41,51,55H,8,12,15,17-25,27-28H2,(H,46,52,53);1-7,9-11,13,22,29,31,33,36-37H,8,12,14-21,23H2;1,3,8H,2,4-5H2,(H,15,17,18)/t34-,38?,41+;29-,31+;/m11./s1. The van der Waals surface area contributed by atoms with Crippen LogP contribution in [0, 0.1) is 0 Å². The zero-order valence-electron chi connectivity index (χ0n) is 62.6. The van der Waals surface area contributed by atoms with Crippen molar-refractivity contribution in [3.05, 3.63) is 241 Å². The smallest absolute Gasteiger partial charge is 0.256 e. The Bertz CT molecular complexity index is 4750. The average molecular weight is 1560 g/mol. The molecule has 7 N–H and O–H groups in total. The summed E-state index contributed by atoms with van der Waals surface area (Å²) in [6.45, 7) is 12.6. The minimum atomic E-state index is -0.745. The quantitative estimate of drug-likeness (QED) is 0.0418. The molecule has 0 bridgehead atoms. The maximum atomic E-state index is 13.1. The average Bonchev–Trinajstić information content (AvgIpc) is 1.17. The van der Waals surface area contributed by atoms with Crippen molar-refractivity contribution in [1.29, 1.82) is 0 Å². The fourth-order valence-corrected chi connectivity index (χ4v) is 19.2. The normalized spacial score (nSPS) is 23.8. The number of aliphatic hydroxyl groups is 2. The van der Waals surface area contributed by atoms with Gasteiger partial charge in [0.25, 0.3) is 11.8 Å². The monoisotopic (exact) mass is 1560 g/mol. The van der Waals surface area contributed by atoms with Gasteiger partial charge >= 0.3 is 0 Å². The molecule has 2 aromatic heterocycles. The van der Waals surface area contributed by atoms with Gasteiger partial charge in [0.15, 0.2) is 0 Å². The molecule has 111 heavy (non-hydrogen) atoms. The molecule has 10 aliphatic rings. The summed E-state index contributed by atoms with van der Waals surface area (Å²) in [5, 5.41) is 51.3. The number of amides is 6. The van der Waals surface area contributed by atoms with Crippen molar-refractivity contribution in [2.45, 2.75) is 137 Å². The topological polar surface area (TPSA) is 268 Å². The van der Waals surface area contributed by atoms with Crippen LogP contribution in [-0.4, -0.2) is 200 Å². The summed E-state index contributed by atoms with van der Waals surface area (Å²) in [7, 11) is 0. The van der Waals surface area contributed by atoms with Gasteiger partial charge < -0.3 is 50.2 Å². The van der Waals surface area contributed by atoms with E-state index in [0.717, 1.165) is 129 Å². The summed E-state index contributed by atoms with van der Waals surface area (Å²) in [5.74, 6) is 0.935. The molecule has 576 valence electrons. The van der Waals surface area contributed by atoms with Crippen molar-refractivity contribution < 1.29 is 49.2 Å². The summed E-state index contributed by atoms with van der Waals surface area (Å²) < 4.78 is 0.657. The van der Waals surface area contributed by atoms with E-state index >= 15 is 0 Å². The number of imide groups is 2. The van der Waals surface area contributed by atoms with Crippen molar-refractivity contribution in [2.75, 3.05) is 106 Å². The SMILES string of the molecule is O=C1CCC(N2Cc3nc(Br)ccc3C2=O)C(=O)N1.O=C1CCC(N2Cc3nc(N4CCN(CC5(O)CCN(c6ccc([C@@H]7c8ccc(O)cc8CC[C@@H]7c7ccccc7)cc6)CC5)CC4)ccc3C2=O)C(=O)N1.Oc1ccc2c(c1)CC[C@H](c1ccccc1)[C@@H]2c1ccc(N2CCC(O)(CN3CCNCC3)CC2)cc1. The number of halogens is 1. The van der Waals surface area contributed by atoms with Crippen molar-refractivity contribution in [1.82, 2.24) is 45.5 Å². The van der Waals surface area contributed by atoms with Crippen LogP contribution in [0.1, 0.15) is 164 Å². The molecule has 22 nitrogen and oxygen atoms in total. The molecule has 23 heteroatoms. The number of nitrogens with one attached hydrogen (secondary N) is 3. The highest BCUT2D eigenvalue weighted by atomic mass is 79.9. The first kappa shape index (κ1) is 75.2. The molecular formula is C88H97BrN12O10. The van der Waals surface area contributed by atoms with E-state index < -0.39 is 35.1 Å². The number of piperazine rings is 2. The van der Waals surface area contributed by atoms with E-state index in [1.54, 1.807) is 12.1 Å². The predicted molar refractivity (Wildman–Crippen MR) is 427 cm³/mol. The van der Waals surface area contributed by atoms with Crippen molar-refractivity contribution in [3.63, 3.8) is 0 Å². The number of nitrogens with zero attached hydrogens (tertiary/aromatic N) is 9. The van der Waals surface area contributed by atoms with Gasteiger partial charge in [0.2, 0.25) is 23.6 Å². The van der Waals surface area contributed by atoms with E-state index in [-0.39, 0.29) is 54.9 Å². The minimum Gasteiger partial charge on any atom is -0.508 e. The molecule has 6 fully saturated rings. The molecule has 0 radical (unpaired) electrons. The number of anilines is 3. The number of β-amino-alcohol motifs (C(OH)–C–C–N with tert-alkyl or cyclic N) is 2. The Morgan fingerprint density at radius 3 is 1.32 bits per heavy atom. The third kappa shape index (κ3) is 16.4. The molecule has 18 rings (SSSR count). The number of hydrogen-bond acceptors (Lipinski definition) is 18. The lowest BCUT2D eigenvalue weighted by molar-refractivity contribution is -0.138. The Morgan fingerprint density at radius 1 is 0.432 bits per heavy atom. The number of pyridine rings is 2. The largest absolute Gasteiger partial charge is 0.508 e. The second kappa shape index (κ2) is 32.4. The molecule has 2 unspecified atom stereocenters. The number of aryl methyl sites for hydroxylation is 2. The lowest BCUT2D eigenvalue weighted by Gasteiger charge is -2.44. The van der Waals surface area contributed by atoms with E-state index in [4.69, 9.17) is 4.98 Å². The van der Waals surface area contributed by atoms with Crippen LogP contribution in [-0.2, 0) is 45.1 Å². The second-order valence-electron chi connectivity index (χ2n) is 31.8. The number of aromatic nitrogens is 2. The van der Waals surface area contributed by atoms with Gasteiger partial charge in [-0.15, -0.1) is 0 Å². The van der Waals surface area contributed by atoms with Gasteiger partial charge in [-0.25, -0.2) is 9.97 Å². The van der Waals surface area contributed by atoms with Gasteiger partial charge in [0, 0.05) is 128 Å². The fraction of sp³-hybridized carbons (Fsp3) is 0.409. The van der Waals surface area contributed by atoms with Gasteiger partial charge in [-0.3, -0.25) is 49.2 Å². The van der Waals surface area contributed by atoms with Gasteiger partial charge in [0.1, 0.15) is 34.0 Å². The third-order valence-electron chi connectivity index (χ3n) is 24.9. The second-order valence-corrected chi connectivity index (χ2v) is 32.6. The van der Waals surface area contributed by atoms with Gasteiger partial charge in [-0.2, -0.15) is 0 Å². The van der Waals surface area contributed by atoms with Crippen LogP contribution >= 0.6 is 15.9 Å². The maximum Gasteiger partial charge on any atom is 0.256 e. The molecule has 2 aliphatic carbocycles. The number of phenolic OH excluding ortho intramolecular Hbond substituents is 2. The van der Waals surface area contributed by atoms with E-state index in [9.17, 15) is 49.2 Å². The Balaban J connectivity index is 0.000000142. The summed E-state index contributed by atoms with van der Waals surface area (Å²) >= 11 is 3.26. The minimum absolute atomic E-state index is 0.204. The molecule has 6 aromatic carbocycles. The van der Waals surface area contributed by atoms with Crippen LogP contribution in [0.5, 0.6) is 11.5 Å². The lowest BCUT2D eigenvalue weighted by Crippen LogP contribution is -2.55. The number of aromatic hydroxyl groups is 2. The molecule has 6 atom stereocenters. The van der Waals surface area contributed by atoms with Crippen LogP contribution in [0.25, 0.3) is 0 Å². The van der Waals surface area contributed by atoms with Crippen LogP contribution in [0.3, 0.4) is 0 Å². The number of phenols is 2. The molecule has 8 aliphatic heterocycles. The molecule has 10 heterocycles. The molecule has 6 amide bonds. The number of fused-ring (bicyclic) bond motifs is 4. The maximum absolute atomic E-state index is 13.1. The van der Waals surface area contributed by atoms with Crippen LogP contribution in [0.2, 0.25) is 0 Å². The number of benzene rings is 6. The van der Waals surface area contributed by atoms with Crippen molar-refractivity contribution in [2.24, 2.45) is 0 Å². The first-order valence-corrected chi connectivity index (χ1v) is 40.4. The summed E-state index contributed by atoms with van der Waals surface area (Å²) in [6, 6.07) is 57.5. The third-order valence-corrected chi connectivity index (χ3v) is 25.3. The number of piperidine rings is 4. The summed E-state index contributed by atoms with van der Waals surface area (Å²) in [5.41, 5.74) is 14.0. The van der Waals surface area contributed by atoms with Crippen molar-refractivity contribution in [3.8, 4) is 11.5 Å². The molecule has 0 spiro atoms. The number of carbonyl (C=O) groups is 6. The van der Waals surface area contributed by atoms with E-state index in [2.05, 4.69) is 183 Å². The van der Waals surface area contributed by atoms with Crippen LogP contribution in [0.15, 0.2) is 174 Å². The molecular weight excluding hydrogens is 1460 g/mol. The van der Waals surface area contributed by atoms with Gasteiger partial charge in [-0.1, -0.05) is 97.1 Å². The van der Waals surface area contributed by atoms with Gasteiger partial charge in [0.05, 0.1) is 46.8 Å². The zero-order valence-corrected chi connectivity index (χ0v) is 64.2. The summed E-state index contributed by atoms with van der Waals surface area (Å²) in [6.07, 6.45) is 8.26. The highest BCUT2D eigenvalue weighted by Crippen LogP contribution is 2.50. The number of carbonyl (C=O) groups excluding carboxylic acids is 6. The van der Waals surface area contributed by atoms with E-state index in [0.29, 0.717) is 89.2 Å². The first-order valence-electron chi connectivity index (χ1n) is 39.6. The highest BCUT2D eigenvalue weighted by Gasteiger charge is 2.44. The van der Waals surface area contributed by atoms with E-state index in [1.807, 2.05) is 36.4 Å². The Morgan fingerprint density at radius 2 is 0.865 bits per heavy atom. The Labute approximate surface area is 656 Å². The van der Waals surface area contributed by atoms with Crippen LogP contribution in [0.4, 0.5) is 17.2 Å². The fourth-order valence-electron chi connectivity index (χ4n) is 18.9. The number of rotatable bonds is 13. The highest BCUT2D eigenvalue weighted by molar-refractivity contribution is 9.10. The van der Waals surface area contributed by atoms with E-state index in [1.165, 1.54) is 65.7 Å². The molecule has 0 saturated carbocycles. The van der Waals surface area contributed by atoms with Crippen molar-refractivity contribution >= 4 is 68.6 Å². The zero-order chi connectivity index (χ0) is 76.5. The Hall–Kier alpha value is -9.88. The lowest BCUT2D eigenvalue weighted by atomic mass is 9.69. The van der Waals surface area contributed by atoms with Crippen LogP contribution < -0.4 is 30.7 Å². The number of hydrogen-bond donors (Lipinski definition) is 7. The first-order chi connectivity index (χ1) is 53.8. The Kier molecular flexibility index (Phi) is 22.0.